The van der Waals surface area contributed by atoms with Gasteiger partial charge in [-0.2, -0.15) is 0 Å². The van der Waals surface area contributed by atoms with Gasteiger partial charge in [-0.3, -0.25) is 4.79 Å². The molecule has 0 aliphatic carbocycles. The van der Waals surface area contributed by atoms with E-state index in [0.29, 0.717) is 0 Å². The lowest BCUT2D eigenvalue weighted by Gasteiger charge is -2.20. The Labute approximate surface area is 222 Å². The monoisotopic (exact) mass is 526 g/mol. The van der Waals surface area contributed by atoms with Crippen molar-refractivity contribution in [3.63, 3.8) is 0 Å². The van der Waals surface area contributed by atoms with Crippen LogP contribution in [0, 0.1) is 0 Å². The van der Waals surface area contributed by atoms with E-state index in [-0.39, 0.29) is 35.4 Å². The van der Waals surface area contributed by atoms with E-state index in [4.69, 9.17) is 9.47 Å². The molecule has 0 saturated carbocycles. The number of hydrogen-bond acceptors (Lipinski definition) is 4. The fourth-order valence-corrected chi connectivity index (χ4v) is 8.35. The highest BCUT2D eigenvalue weighted by atomic mass is 28.2. The Balaban J connectivity index is 4.63. The van der Waals surface area contributed by atoms with Crippen molar-refractivity contribution in [2.24, 2.45) is 0 Å². The number of esters is 2. The van der Waals surface area contributed by atoms with Crippen molar-refractivity contribution in [1.82, 2.24) is 0 Å². The molecule has 6 heteroatoms. The highest BCUT2D eigenvalue weighted by molar-refractivity contribution is 6.37. The van der Waals surface area contributed by atoms with Crippen molar-refractivity contribution in [3.05, 3.63) is 12.2 Å². The lowest BCUT2D eigenvalue weighted by atomic mass is 10.2. The largest absolute Gasteiger partial charge is 0.467 e. The second kappa shape index (κ2) is 24.8. The molecule has 0 heterocycles. The van der Waals surface area contributed by atoms with Gasteiger partial charge >= 0.3 is 11.9 Å². The molecule has 0 spiro atoms. The number of carbonyl (C=O) groups excluding carboxylic acids is 2. The van der Waals surface area contributed by atoms with Crippen LogP contribution in [0.3, 0.4) is 0 Å². The van der Waals surface area contributed by atoms with Gasteiger partial charge in [-0.1, -0.05) is 136 Å². The quantitative estimate of drug-likeness (QED) is 0.0548. The Kier molecular flexibility index (Phi) is 24.2. The summed E-state index contributed by atoms with van der Waals surface area (Å²) < 4.78 is 11.8. The number of carbonyl (C=O) groups is 2. The maximum atomic E-state index is 12.7. The third-order valence-corrected chi connectivity index (χ3v) is 11.0. The first-order valence-corrected chi connectivity index (χ1v) is 18.7. The first kappa shape index (κ1) is 34.1. The van der Waals surface area contributed by atoms with E-state index >= 15 is 0 Å². The van der Waals surface area contributed by atoms with Crippen molar-refractivity contribution < 1.29 is 19.1 Å². The molecule has 4 nitrogen and oxygen atoms in total. The minimum absolute atomic E-state index is 0.0346. The van der Waals surface area contributed by atoms with Gasteiger partial charge in [-0.25, -0.2) is 4.79 Å². The van der Waals surface area contributed by atoms with E-state index in [0.717, 1.165) is 25.7 Å². The molecule has 0 radical (unpaired) electrons. The number of ether oxygens (including phenoxy) is 2. The molecule has 0 aromatic carbocycles. The molecule has 35 heavy (non-hydrogen) atoms. The third kappa shape index (κ3) is 21.0. The molecule has 0 aliphatic rings. The van der Waals surface area contributed by atoms with Crippen LogP contribution in [-0.2, 0) is 19.1 Å². The van der Waals surface area contributed by atoms with Crippen LogP contribution in [0.4, 0.5) is 0 Å². The Hall–Kier alpha value is -0.886. The first-order chi connectivity index (χ1) is 17.0. The molecule has 0 rings (SSSR count). The predicted molar refractivity (Wildman–Crippen MR) is 157 cm³/mol. The van der Waals surface area contributed by atoms with E-state index in [1.54, 1.807) is 0 Å². The standard InChI is InChI=1S/C29H58O4Si2/c1-6-10-14-18-22-34-27(20-16-12-8-3)32-26(30)24-25(5)29(31)33-28(21-17-13-9-4)35-23-19-15-11-7-2/h27-28H,5-24,34-35H2,1-4H3. The van der Waals surface area contributed by atoms with Crippen LogP contribution in [0.5, 0.6) is 0 Å². The van der Waals surface area contributed by atoms with Crippen LogP contribution in [0.15, 0.2) is 12.2 Å². The topological polar surface area (TPSA) is 52.6 Å². The van der Waals surface area contributed by atoms with Gasteiger partial charge in [0, 0.05) is 5.57 Å². The Morgan fingerprint density at radius 1 is 0.629 bits per heavy atom. The van der Waals surface area contributed by atoms with Gasteiger partial charge in [-0.15, -0.1) is 0 Å². The fraction of sp³-hybridized carbons (Fsp3) is 0.862. The van der Waals surface area contributed by atoms with E-state index in [1.807, 2.05) is 0 Å². The zero-order valence-electron chi connectivity index (χ0n) is 23.8. The normalized spacial score (nSPS) is 13.5. The van der Waals surface area contributed by atoms with E-state index in [9.17, 15) is 9.59 Å². The summed E-state index contributed by atoms with van der Waals surface area (Å²) >= 11 is 0. The summed E-state index contributed by atoms with van der Waals surface area (Å²) in [4.78, 5) is 25.4. The smallest absolute Gasteiger partial charge is 0.333 e. The van der Waals surface area contributed by atoms with Gasteiger partial charge in [-0.05, 0) is 12.8 Å². The molecule has 0 bridgehead atoms. The average molecular weight is 527 g/mol. The summed E-state index contributed by atoms with van der Waals surface area (Å²) in [6, 6.07) is 2.45. The molecule has 206 valence electrons. The maximum Gasteiger partial charge on any atom is 0.333 e. The molecule has 0 aromatic heterocycles. The molecule has 0 aromatic rings. The second-order valence-corrected chi connectivity index (χ2v) is 14.7. The van der Waals surface area contributed by atoms with Crippen LogP contribution < -0.4 is 0 Å². The Bertz CT molecular complexity index is 539. The van der Waals surface area contributed by atoms with Crippen molar-refractivity contribution in [2.45, 2.75) is 160 Å². The summed E-state index contributed by atoms with van der Waals surface area (Å²) in [5.74, 6) is -0.683. The van der Waals surface area contributed by atoms with Gasteiger partial charge < -0.3 is 9.47 Å². The lowest BCUT2D eigenvalue weighted by molar-refractivity contribution is -0.148. The van der Waals surface area contributed by atoms with Crippen molar-refractivity contribution in [2.75, 3.05) is 0 Å². The molecule has 0 aliphatic heterocycles. The van der Waals surface area contributed by atoms with Crippen LogP contribution in [0.1, 0.15) is 137 Å². The summed E-state index contributed by atoms with van der Waals surface area (Å²) in [5, 5.41) is 0. The van der Waals surface area contributed by atoms with Crippen molar-refractivity contribution in [1.29, 1.82) is 0 Å². The van der Waals surface area contributed by atoms with Gasteiger partial charge in [0.05, 0.1) is 36.9 Å². The fourth-order valence-electron chi connectivity index (χ4n) is 4.43. The van der Waals surface area contributed by atoms with Gasteiger partial charge in [0.2, 0.25) is 0 Å². The van der Waals surface area contributed by atoms with Crippen LogP contribution in [0.2, 0.25) is 12.1 Å². The SMILES string of the molecule is C=C(CC(=O)OC(CCCCC)[SiH2]CCCCCC)C(=O)OC(CCCCC)[SiH2]CCCCCC. The summed E-state index contributed by atoms with van der Waals surface area (Å²) in [5.41, 5.74) is 0.421. The minimum Gasteiger partial charge on any atom is -0.467 e. The van der Waals surface area contributed by atoms with E-state index in [2.05, 4.69) is 34.3 Å². The number of unbranched alkanes of at least 4 members (excludes halogenated alkanes) is 10. The van der Waals surface area contributed by atoms with Gasteiger partial charge in [0.15, 0.2) is 0 Å². The third-order valence-electron chi connectivity index (χ3n) is 6.74. The molecular formula is C29H58O4Si2. The minimum atomic E-state index is -0.474. The first-order valence-electron chi connectivity index (χ1n) is 15.1. The van der Waals surface area contributed by atoms with Crippen molar-refractivity contribution >= 4 is 31.0 Å². The second-order valence-electron chi connectivity index (χ2n) is 10.3. The van der Waals surface area contributed by atoms with E-state index < -0.39 is 19.0 Å². The maximum absolute atomic E-state index is 12.7. The Morgan fingerprint density at radius 3 is 1.51 bits per heavy atom. The predicted octanol–water partition coefficient (Wildman–Crippen LogP) is 7.17. The van der Waals surface area contributed by atoms with Crippen molar-refractivity contribution in [3.8, 4) is 0 Å². The highest BCUT2D eigenvalue weighted by Crippen LogP contribution is 2.15. The van der Waals surface area contributed by atoms with E-state index in [1.165, 1.54) is 89.1 Å². The highest BCUT2D eigenvalue weighted by Gasteiger charge is 2.21. The lowest BCUT2D eigenvalue weighted by Crippen LogP contribution is -2.28. The molecule has 0 saturated heterocycles. The summed E-state index contributed by atoms with van der Waals surface area (Å²) in [7, 11) is -0.930. The zero-order valence-corrected chi connectivity index (χ0v) is 26.7. The molecule has 2 unspecified atom stereocenters. The molecular weight excluding hydrogens is 468 g/mol. The molecule has 0 amide bonds. The average Bonchev–Trinajstić information content (AvgIpc) is 2.83. The molecule has 0 N–H and O–H groups in total. The van der Waals surface area contributed by atoms with Gasteiger partial charge in [0.1, 0.15) is 0 Å². The van der Waals surface area contributed by atoms with Crippen LogP contribution in [0.25, 0.3) is 0 Å². The van der Waals surface area contributed by atoms with Crippen LogP contribution in [-0.4, -0.2) is 42.4 Å². The van der Waals surface area contributed by atoms with Crippen LogP contribution >= 0.6 is 0 Å². The number of rotatable bonds is 25. The van der Waals surface area contributed by atoms with Gasteiger partial charge in [0.25, 0.3) is 0 Å². The summed E-state index contributed by atoms with van der Waals surface area (Å²) in [6.07, 6.45) is 18.9. The molecule has 0 fully saturated rings. The molecule has 2 atom stereocenters. The summed E-state index contributed by atoms with van der Waals surface area (Å²) in [6.45, 7) is 12.7. The zero-order chi connectivity index (χ0) is 26.2. The number of hydrogen-bond donors (Lipinski definition) is 0. The Morgan fingerprint density at radius 2 is 1.06 bits per heavy atom.